The number of aliphatic hydroxyl groups is 1. The monoisotopic (exact) mass is 283 g/mol. The summed E-state index contributed by atoms with van der Waals surface area (Å²) in [5.74, 6) is 0. The second-order valence-electron chi connectivity index (χ2n) is 5.17. The van der Waals surface area contributed by atoms with E-state index in [2.05, 4.69) is 5.32 Å². The minimum Gasteiger partial charge on any atom is -0.389 e. The maximum absolute atomic E-state index is 11.9. The average molecular weight is 283 g/mol. The van der Waals surface area contributed by atoms with Gasteiger partial charge >= 0.3 is 6.18 Å². The van der Waals surface area contributed by atoms with Crippen molar-refractivity contribution in [2.75, 3.05) is 19.7 Å². The molecule has 0 bridgehead atoms. The summed E-state index contributed by atoms with van der Waals surface area (Å²) in [6.07, 6.45) is 0.466. The summed E-state index contributed by atoms with van der Waals surface area (Å²) in [4.78, 5) is 0. The van der Waals surface area contributed by atoms with Gasteiger partial charge in [0, 0.05) is 13.0 Å². The van der Waals surface area contributed by atoms with Crippen molar-refractivity contribution in [2.45, 2.75) is 63.3 Å². The molecular formula is C13H24F3NO2. The van der Waals surface area contributed by atoms with E-state index in [-0.39, 0.29) is 32.2 Å². The summed E-state index contributed by atoms with van der Waals surface area (Å²) in [6, 6.07) is 0. The maximum Gasteiger partial charge on any atom is 0.389 e. The molecule has 1 aliphatic carbocycles. The molecule has 3 nitrogen and oxygen atoms in total. The third-order valence-electron chi connectivity index (χ3n) is 3.27. The van der Waals surface area contributed by atoms with Gasteiger partial charge < -0.3 is 15.2 Å². The van der Waals surface area contributed by atoms with Gasteiger partial charge in [-0.3, -0.25) is 0 Å². The molecule has 0 heterocycles. The number of rotatable bonds is 8. The Bertz CT molecular complexity index is 230. The predicted molar refractivity (Wildman–Crippen MR) is 67.0 cm³/mol. The molecule has 0 aromatic heterocycles. The van der Waals surface area contributed by atoms with Crippen LogP contribution in [0.2, 0.25) is 0 Å². The lowest BCUT2D eigenvalue weighted by atomic mass is 9.98. The zero-order chi connectivity index (χ0) is 14.1. The van der Waals surface area contributed by atoms with Crippen molar-refractivity contribution in [3.63, 3.8) is 0 Å². The van der Waals surface area contributed by atoms with Crippen LogP contribution in [0.25, 0.3) is 0 Å². The summed E-state index contributed by atoms with van der Waals surface area (Å²) in [5.41, 5.74) is 0. The predicted octanol–water partition coefficient (Wildman–Crippen LogP) is 2.63. The van der Waals surface area contributed by atoms with Crippen molar-refractivity contribution >= 4 is 0 Å². The van der Waals surface area contributed by atoms with Gasteiger partial charge in [0.2, 0.25) is 0 Å². The van der Waals surface area contributed by atoms with Gasteiger partial charge in [0.05, 0.1) is 18.8 Å². The lowest BCUT2D eigenvalue weighted by Crippen LogP contribution is -2.33. The van der Waals surface area contributed by atoms with Crippen LogP contribution in [0.5, 0.6) is 0 Å². The Morgan fingerprint density at radius 1 is 1.21 bits per heavy atom. The Morgan fingerprint density at radius 2 is 1.89 bits per heavy atom. The van der Waals surface area contributed by atoms with Gasteiger partial charge in [-0.05, 0) is 25.8 Å². The fraction of sp³-hybridized carbons (Fsp3) is 1.00. The summed E-state index contributed by atoms with van der Waals surface area (Å²) < 4.78 is 41.2. The summed E-state index contributed by atoms with van der Waals surface area (Å²) in [5, 5.41) is 12.4. The molecule has 0 aromatic rings. The van der Waals surface area contributed by atoms with Gasteiger partial charge in [0.1, 0.15) is 0 Å². The highest BCUT2D eigenvalue weighted by Gasteiger charge is 2.25. The highest BCUT2D eigenvalue weighted by atomic mass is 19.4. The number of hydrogen-bond acceptors (Lipinski definition) is 3. The molecule has 1 unspecified atom stereocenters. The summed E-state index contributed by atoms with van der Waals surface area (Å²) in [6.45, 7) is 0.807. The van der Waals surface area contributed by atoms with Crippen LogP contribution in [0.3, 0.4) is 0 Å². The van der Waals surface area contributed by atoms with E-state index >= 15 is 0 Å². The molecule has 1 rings (SSSR count). The molecule has 1 saturated carbocycles. The molecule has 0 aromatic carbocycles. The number of ether oxygens (including phenoxy) is 1. The number of aliphatic hydroxyl groups excluding tert-OH is 1. The first kappa shape index (κ1) is 16.7. The lowest BCUT2D eigenvalue weighted by Gasteiger charge is -2.23. The minimum absolute atomic E-state index is 0.0414. The van der Waals surface area contributed by atoms with Crippen molar-refractivity contribution in [1.82, 2.24) is 5.32 Å². The Labute approximate surface area is 112 Å². The third kappa shape index (κ3) is 9.24. The second-order valence-corrected chi connectivity index (χ2v) is 5.17. The van der Waals surface area contributed by atoms with Crippen LogP contribution in [0.1, 0.15) is 44.9 Å². The van der Waals surface area contributed by atoms with E-state index in [0.29, 0.717) is 0 Å². The largest absolute Gasteiger partial charge is 0.389 e. The van der Waals surface area contributed by atoms with Crippen molar-refractivity contribution in [1.29, 1.82) is 0 Å². The average Bonchev–Trinajstić information content (AvgIpc) is 2.36. The van der Waals surface area contributed by atoms with Crippen molar-refractivity contribution in [3.8, 4) is 0 Å². The number of hydrogen-bond donors (Lipinski definition) is 2. The Morgan fingerprint density at radius 3 is 2.53 bits per heavy atom. The first-order valence-electron chi connectivity index (χ1n) is 7.04. The normalized spacial score (nSPS) is 19.6. The zero-order valence-electron chi connectivity index (χ0n) is 11.2. The van der Waals surface area contributed by atoms with Gasteiger partial charge in [0.25, 0.3) is 0 Å². The minimum atomic E-state index is -4.09. The number of nitrogens with one attached hydrogen (secondary N) is 1. The standard InChI is InChI=1S/C13H24F3NO2/c14-13(15,16)7-4-8-17-9-11(18)10-19-12-5-2-1-3-6-12/h11-12,17-18H,1-10H2. The van der Waals surface area contributed by atoms with Crippen molar-refractivity contribution in [3.05, 3.63) is 0 Å². The molecule has 6 heteroatoms. The van der Waals surface area contributed by atoms with Gasteiger partial charge in [-0.15, -0.1) is 0 Å². The molecule has 0 radical (unpaired) electrons. The van der Waals surface area contributed by atoms with Crippen molar-refractivity contribution < 1.29 is 23.0 Å². The van der Waals surface area contributed by atoms with Crippen LogP contribution in [-0.4, -0.2) is 43.2 Å². The van der Waals surface area contributed by atoms with E-state index < -0.39 is 18.7 Å². The smallest absolute Gasteiger partial charge is 0.389 e. The molecule has 1 fully saturated rings. The topological polar surface area (TPSA) is 41.5 Å². The van der Waals surface area contributed by atoms with Crippen LogP contribution in [0.4, 0.5) is 13.2 Å². The summed E-state index contributed by atoms with van der Waals surface area (Å²) >= 11 is 0. The molecule has 0 saturated heterocycles. The molecule has 114 valence electrons. The highest BCUT2D eigenvalue weighted by Crippen LogP contribution is 2.21. The first-order chi connectivity index (χ1) is 8.97. The van der Waals surface area contributed by atoms with E-state index in [0.717, 1.165) is 12.8 Å². The van der Waals surface area contributed by atoms with Gasteiger partial charge in [-0.1, -0.05) is 19.3 Å². The molecular weight excluding hydrogens is 259 g/mol. The fourth-order valence-corrected chi connectivity index (χ4v) is 2.22. The van der Waals surface area contributed by atoms with Crippen LogP contribution in [0, 0.1) is 0 Å². The van der Waals surface area contributed by atoms with Crippen LogP contribution in [-0.2, 0) is 4.74 Å². The van der Waals surface area contributed by atoms with Gasteiger partial charge in [-0.25, -0.2) is 0 Å². The quantitative estimate of drug-likeness (QED) is 0.673. The first-order valence-corrected chi connectivity index (χ1v) is 7.04. The molecule has 1 atom stereocenters. The molecule has 0 amide bonds. The molecule has 1 aliphatic rings. The van der Waals surface area contributed by atoms with Crippen LogP contribution in [0.15, 0.2) is 0 Å². The van der Waals surface area contributed by atoms with Gasteiger partial charge in [0.15, 0.2) is 0 Å². The molecule has 2 N–H and O–H groups in total. The van der Waals surface area contributed by atoms with Gasteiger partial charge in [-0.2, -0.15) is 13.2 Å². The van der Waals surface area contributed by atoms with E-state index in [4.69, 9.17) is 4.74 Å². The second kappa shape index (κ2) is 8.76. The van der Waals surface area contributed by atoms with E-state index in [1.807, 2.05) is 0 Å². The number of alkyl halides is 3. The number of halogens is 3. The van der Waals surface area contributed by atoms with E-state index in [9.17, 15) is 18.3 Å². The van der Waals surface area contributed by atoms with Crippen LogP contribution >= 0.6 is 0 Å². The van der Waals surface area contributed by atoms with Crippen LogP contribution < -0.4 is 5.32 Å². The SMILES string of the molecule is OC(CNCCCC(F)(F)F)COC1CCCCC1. The summed E-state index contributed by atoms with van der Waals surface area (Å²) in [7, 11) is 0. The lowest BCUT2D eigenvalue weighted by molar-refractivity contribution is -0.135. The third-order valence-corrected chi connectivity index (χ3v) is 3.27. The Hall–Kier alpha value is -0.330. The molecule has 0 aliphatic heterocycles. The molecule has 19 heavy (non-hydrogen) atoms. The molecule has 0 spiro atoms. The van der Waals surface area contributed by atoms with Crippen molar-refractivity contribution in [2.24, 2.45) is 0 Å². The van der Waals surface area contributed by atoms with E-state index in [1.165, 1.54) is 19.3 Å². The fourth-order valence-electron chi connectivity index (χ4n) is 2.22. The maximum atomic E-state index is 11.9. The Kier molecular flexibility index (Phi) is 7.71. The zero-order valence-corrected chi connectivity index (χ0v) is 11.2. The van der Waals surface area contributed by atoms with E-state index in [1.54, 1.807) is 0 Å². The Balaban J connectivity index is 1.94. The highest BCUT2D eigenvalue weighted by molar-refractivity contribution is 4.67.